The van der Waals surface area contributed by atoms with Crippen LogP contribution >= 0.6 is 0 Å². The fourth-order valence-corrected chi connectivity index (χ4v) is 2.94. The molecule has 0 saturated heterocycles. The van der Waals surface area contributed by atoms with E-state index in [1.807, 2.05) is 54.6 Å². The highest BCUT2D eigenvalue weighted by molar-refractivity contribution is 5.94. The van der Waals surface area contributed by atoms with Crippen LogP contribution in [0.5, 0.6) is 17.2 Å². The Morgan fingerprint density at radius 1 is 0.786 bits per heavy atom. The third kappa shape index (κ3) is 4.26. The van der Waals surface area contributed by atoms with Crippen LogP contribution in [0.2, 0.25) is 0 Å². The molecule has 144 valence electrons. The first-order chi connectivity index (χ1) is 13.7. The van der Waals surface area contributed by atoms with Gasteiger partial charge in [0.25, 0.3) is 5.91 Å². The summed E-state index contributed by atoms with van der Waals surface area (Å²) in [5.74, 6) is 1.61. The summed E-state index contributed by atoms with van der Waals surface area (Å²) >= 11 is 0. The van der Waals surface area contributed by atoms with E-state index in [-0.39, 0.29) is 5.91 Å². The molecule has 0 bridgehead atoms. The van der Waals surface area contributed by atoms with Gasteiger partial charge in [0, 0.05) is 12.1 Å². The highest BCUT2D eigenvalue weighted by Crippen LogP contribution is 2.41. The van der Waals surface area contributed by atoms with Gasteiger partial charge in [0.15, 0.2) is 11.5 Å². The van der Waals surface area contributed by atoms with Crippen molar-refractivity contribution in [3.8, 4) is 28.4 Å². The molecule has 0 aliphatic heterocycles. The van der Waals surface area contributed by atoms with Crippen molar-refractivity contribution in [2.75, 3.05) is 21.3 Å². The van der Waals surface area contributed by atoms with Gasteiger partial charge in [-0.2, -0.15) is 0 Å². The van der Waals surface area contributed by atoms with Gasteiger partial charge >= 0.3 is 0 Å². The second kappa shape index (κ2) is 8.95. The summed E-state index contributed by atoms with van der Waals surface area (Å²) in [6.45, 7) is 0.494. The molecule has 3 rings (SSSR count). The van der Waals surface area contributed by atoms with Crippen LogP contribution in [0.1, 0.15) is 15.9 Å². The molecule has 0 spiro atoms. The van der Waals surface area contributed by atoms with E-state index < -0.39 is 0 Å². The lowest BCUT2D eigenvalue weighted by atomic mass is 10.0. The summed E-state index contributed by atoms with van der Waals surface area (Å²) in [6, 6.07) is 21.0. The smallest absolute Gasteiger partial charge is 0.251 e. The van der Waals surface area contributed by atoms with Gasteiger partial charge in [0.05, 0.1) is 21.3 Å². The number of carbonyl (C=O) groups is 1. The Morgan fingerprint density at radius 3 is 1.93 bits per heavy atom. The molecule has 0 radical (unpaired) electrons. The summed E-state index contributed by atoms with van der Waals surface area (Å²) < 4.78 is 16.2. The molecule has 3 aromatic carbocycles. The maximum Gasteiger partial charge on any atom is 0.251 e. The number of rotatable bonds is 7. The normalized spacial score (nSPS) is 10.2. The lowest BCUT2D eigenvalue weighted by molar-refractivity contribution is 0.0951. The Labute approximate surface area is 164 Å². The van der Waals surface area contributed by atoms with E-state index in [9.17, 15) is 4.79 Å². The predicted octanol–water partition coefficient (Wildman–Crippen LogP) is 4.31. The van der Waals surface area contributed by atoms with Gasteiger partial charge in [-0.05, 0) is 41.0 Å². The zero-order valence-electron chi connectivity index (χ0n) is 16.2. The summed E-state index contributed by atoms with van der Waals surface area (Å²) in [7, 11) is 4.74. The van der Waals surface area contributed by atoms with Gasteiger partial charge in [-0.1, -0.05) is 42.5 Å². The Bertz CT molecular complexity index is 912. The van der Waals surface area contributed by atoms with Crippen molar-refractivity contribution in [2.24, 2.45) is 0 Å². The van der Waals surface area contributed by atoms with E-state index in [1.165, 1.54) is 0 Å². The second-order valence-electron chi connectivity index (χ2n) is 6.16. The predicted molar refractivity (Wildman–Crippen MR) is 109 cm³/mol. The zero-order valence-corrected chi connectivity index (χ0v) is 16.2. The molecule has 0 aliphatic carbocycles. The van der Waals surface area contributed by atoms with Crippen LogP contribution < -0.4 is 19.5 Å². The van der Waals surface area contributed by atoms with Gasteiger partial charge in [-0.25, -0.2) is 0 Å². The fourth-order valence-electron chi connectivity index (χ4n) is 2.94. The van der Waals surface area contributed by atoms with E-state index in [2.05, 4.69) is 5.32 Å². The third-order valence-electron chi connectivity index (χ3n) is 4.44. The second-order valence-corrected chi connectivity index (χ2v) is 6.16. The highest BCUT2D eigenvalue weighted by Gasteiger charge is 2.14. The molecule has 0 fully saturated rings. The number of hydrogen-bond acceptors (Lipinski definition) is 4. The van der Waals surface area contributed by atoms with Crippen molar-refractivity contribution in [2.45, 2.75) is 6.54 Å². The van der Waals surface area contributed by atoms with E-state index in [0.717, 1.165) is 16.7 Å². The molecule has 0 saturated carbocycles. The van der Waals surface area contributed by atoms with Crippen LogP contribution in [-0.4, -0.2) is 27.2 Å². The number of hydrogen-bond donors (Lipinski definition) is 1. The number of ether oxygens (including phenoxy) is 3. The Balaban J connectivity index is 1.78. The van der Waals surface area contributed by atoms with E-state index in [4.69, 9.17) is 14.2 Å². The van der Waals surface area contributed by atoms with Crippen LogP contribution in [-0.2, 0) is 6.54 Å². The summed E-state index contributed by atoms with van der Waals surface area (Å²) in [6.07, 6.45) is 0. The molecule has 3 aromatic rings. The molecular weight excluding hydrogens is 354 g/mol. The Morgan fingerprint density at radius 2 is 1.39 bits per heavy atom. The molecule has 0 aliphatic rings. The first-order valence-electron chi connectivity index (χ1n) is 8.89. The first-order valence-corrected chi connectivity index (χ1v) is 8.89. The molecule has 0 unspecified atom stereocenters. The van der Waals surface area contributed by atoms with Gasteiger partial charge in [0.2, 0.25) is 5.75 Å². The Hall–Kier alpha value is -3.47. The largest absolute Gasteiger partial charge is 0.493 e. The van der Waals surface area contributed by atoms with Crippen LogP contribution in [0, 0.1) is 0 Å². The zero-order chi connectivity index (χ0) is 19.9. The maximum absolute atomic E-state index is 12.4. The monoisotopic (exact) mass is 377 g/mol. The molecule has 0 heterocycles. The summed E-state index contributed by atoms with van der Waals surface area (Å²) in [5, 5.41) is 2.93. The minimum Gasteiger partial charge on any atom is -0.493 e. The number of carbonyl (C=O) groups excluding carboxylic acids is 1. The lowest BCUT2D eigenvalue weighted by Crippen LogP contribution is -2.22. The highest BCUT2D eigenvalue weighted by atomic mass is 16.5. The average molecular weight is 377 g/mol. The van der Waals surface area contributed by atoms with Crippen LogP contribution in [0.4, 0.5) is 0 Å². The molecule has 5 heteroatoms. The van der Waals surface area contributed by atoms with E-state index in [1.54, 1.807) is 33.5 Å². The molecular formula is C23H23NO4. The van der Waals surface area contributed by atoms with Crippen molar-refractivity contribution >= 4 is 5.91 Å². The van der Waals surface area contributed by atoms with Gasteiger partial charge in [0.1, 0.15) is 0 Å². The molecule has 0 atom stereocenters. The minimum atomic E-state index is -0.111. The standard InChI is InChI=1S/C23H23NO4/c1-26-20-13-19(14-21(27-2)22(20)28-3)17-9-11-18(12-10-17)23(25)24-15-16-7-5-4-6-8-16/h4-14H,15H2,1-3H3,(H,24,25). The average Bonchev–Trinajstić information content (AvgIpc) is 2.77. The maximum atomic E-state index is 12.4. The lowest BCUT2D eigenvalue weighted by Gasteiger charge is -2.14. The van der Waals surface area contributed by atoms with Crippen LogP contribution in [0.3, 0.4) is 0 Å². The number of amides is 1. The third-order valence-corrected chi connectivity index (χ3v) is 4.44. The SMILES string of the molecule is COc1cc(-c2ccc(C(=O)NCc3ccccc3)cc2)cc(OC)c1OC. The van der Waals surface area contributed by atoms with Gasteiger partial charge in [-0.15, -0.1) is 0 Å². The topological polar surface area (TPSA) is 56.8 Å². The van der Waals surface area contributed by atoms with Crippen molar-refractivity contribution < 1.29 is 19.0 Å². The van der Waals surface area contributed by atoms with Crippen molar-refractivity contribution in [3.63, 3.8) is 0 Å². The molecule has 1 amide bonds. The molecule has 1 N–H and O–H groups in total. The van der Waals surface area contributed by atoms with E-state index in [0.29, 0.717) is 29.4 Å². The van der Waals surface area contributed by atoms with Crippen LogP contribution in [0.15, 0.2) is 66.7 Å². The van der Waals surface area contributed by atoms with Gasteiger partial charge in [-0.3, -0.25) is 4.79 Å². The fraction of sp³-hybridized carbons (Fsp3) is 0.174. The Kier molecular flexibility index (Phi) is 6.17. The summed E-state index contributed by atoms with van der Waals surface area (Å²) in [4.78, 5) is 12.4. The van der Waals surface area contributed by atoms with Crippen molar-refractivity contribution in [1.82, 2.24) is 5.32 Å². The number of benzene rings is 3. The van der Waals surface area contributed by atoms with Crippen LogP contribution in [0.25, 0.3) is 11.1 Å². The minimum absolute atomic E-state index is 0.111. The summed E-state index contributed by atoms with van der Waals surface area (Å²) in [5.41, 5.74) is 3.52. The van der Waals surface area contributed by atoms with Crippen molar-refractivity contribution in [1.29, 1.82) is 0 Å². The number of methoxy groups -OCH3 is 3. The molecule has 0 aromatic heterocycles. The van der Waals surface area contributed by atoms with Crippen molar-refractivity contribution in [3.05, 3.63) is 77.9 Å². The quantitative estimate of drug-likeness (QED) is 0.667. The van der Waals surface area contributed by atoms with E-state index >= 15 is 0 Å². The molecule has 5 nitrogen and oxygen atoms in total. The first kappa shape index (κ1) is 19.3. The molecule has 28 heavy (non-hydrogen) atoms. The van der Waals surface area contributed by atoms with Gasteiger partial charge < -0.3 is 19.5 Å². The number of nitrogens with one attached hydrogen (secondary N) is 1.